The Morgan fingerprint density at radius 3 is 2.40 bits per heavy atom. The third kappa shape index (κ3) is 4.89. The van der Waals surface area contributed by atoms with Gasteiger partial charge in [-0.25, -0.2) is 5.43 Å². The zero-order valence-corrected chi connectivity index (χ0v) is 18.0. The number of methoxy groups -OCH3 is 1. The molecule has 0 bridgehead atoms. The predicted molar refractivity (Wildman–Crippen MR) is 119 cm³/mol. The molecule has 2 aromatic carbocycles. The Kier molecular flexibility index (Phi) is 6.57. The third-order valence-electron chi connectivity index (χ3n) is 4.89. The summed E-state index contributed by atoms with van der Waals surface area (Å²) in [4.78, 5) is 12.0. The number of hydrogen-bond acceptors (Lipinski definition) is 4. The quantitative estimate of drug-likeness (QED) is 0.472. The molecule has 1 N–H and O–H groups in total. The highest BCUT2D eigenvalue weighted by molar-refractivity contribution is 5.84. The molecule has 3 rings (SSSR count). The molecule has 0 radical (unpaired) electrons. The lowest BCUT2D eigenvalue weighted by atomic mass is 10.1. The normalized spacial score (nSPS) is 11.0. The number of aryl methyl sites for hydroxylation is 3. The SMILES string of the molecule is COc1ccc(OCC(=O)N/N=C\c2cc(C)n(-c3ccc(C)cc3C)c2C)cc1. The van der Waals surface area contributed by atoms with Crippen molar-refractivity contribution in [1.82, 2.24) is 9.99 Å². The lowest BCUT2D eigenvalue weighted by molar-refractivity contribution is -0.123. The molecule has 30 heavy (non-hydrogen) atoms. The molecular formula is C24H27N3O3. The van der Waals surface area contributed by atoms with Crippen molar-refractivity contribution < 1.29 is 14.3 Å². The van der Waals surface area contributed by atoms with E-state index in [-0.39, 0.29) is 12.5 Å². The van der Waals surface area contributed by atoms with Crippen molar-refractivity contribution in [2.75, 3.05) is 13.7 Å². The Bertz CT molecular complexity index is 1070. The molecule has 0 fully saturated rings. The number of benzene rings is 2. The number of amides is 1. The number of carbonyl (C=O) groups is 1. The van der Waals surface area contributed by atoms with E-state index in [4.69, 9.17) is 9.47 Å². The van der Waals surface area contributed by atoms with Crippen LogP contribution in [0.5, 0.6) is 11.5 Å². The van der Waals surface area contributed by atoms with Gasteiger partial charge in [0.05, 0.1) is 13.3 Å². The molecule has 156 valence electrons. The fourth-order valence-electron chi connectivity index (χ4n) is 3.37. The zero-order valence-electron chi connectivity index (χ0n) is 18.0. The van der Waals surface area contributed by atoms with Crippen molar-refractivity contribution in [2.24, 2.45) is 5.10 Å². The highest BCUT2D eigenvalue weighted by Gasteiger charge is 2.11. The van der Waals surface area contributed by atoms with Crippen LogP contribution < -0.4 is 14.9 Å². The number of hydrazone groups is 1. The van der Waals surface area contributed by atoms with Gasteiger partial charge < -0.3 is 14.0 Å². The molecule has 0 unspecified atom stereocenters. The summed E-state index contributed by atoms with van der Waals surface area (Å²) >= 11 is 0. The molecule has 3 aromatic rings. The predicted octanol–water partition coefficient (Wildman–Crippen LogP) is 4.25. The maximum absolute atomic E-state index is 12.0. The van der Waals surface area contributed by atoms with Crippen LogP contribution in [0.25, 0.3) is 5.69 Å². The van der Waals surface area contributed by atoms with Gasteiger partial charge in [-0.2, -0.15) is 5.10 Å². The first kappa shape index (κ1) is 21.2. The number of carbonyl (C=O) groups excluding carboxylic acids is 1. The van der Waals surface area contributed by atoms with Gasteiger partial charge in [-0.1, -0.05) is 17.7 Å². The van der Waals surface area contributed by atoms with Crippen molar-refractivity contribution in [3.63, 3.8) is 0 Å². The molecule has 1 heterocycles. The molecule has 1 amide bonds. The van der Waals surface area contributed by atoms with Crippen LogP contribution in [0.3, 0.4) is 0 Å². The summed E-state index contributed by atoms with van der Waals surface area (Å²) in [7, 11) is 1.60. The largest absolute Gasteiger partial charge is 0.497 e. The van der Waals surface area contributed by atoms with E-state index < -0.39 is 0 Å². The summed E-state index contributed by atoms with van der Waals surface area (Å²) in [6.07, 6.45) is 1.66. The first-order valence-electron chi connectivity index (χ1n) is 9.74. The average Bonchev–Trinajstić information content (AvgIpc) is 3.00. The highest BCUT2D eigenvalue weighted by atomic mass is 16.5. The maximum atomic E-state index is 12.0. The van der Waals surface area contributed by atoms with E-state index in [0.29, 0.717) is 5.75 Å². The number of ether oxygens (including phenoxy) is 2. The number of aromatic nitrogens is 1. The summed E-state index contributed by atoms with van der Waals surface area (Å²) in [5.74, 6) is 0.993. The summed E-state index contributed by atoms with van der Waals surface area (Å²) < 4.78 is 12.7. The van der Waals surface area contributed by atoms with Crippen LogP contribution in [0.15, 0.2) is 53.6 Å². The van der Waals surface area contributed by atoms with Gasteiger partial charge in [-0.3, -0.25) is 4.79 Å². The fraction of sp³-hybridized carbons (Fsp3) is 0.250. The molecule has 0 spiro atoms. The van der Waals surface area contributed by atoms with E-state index in [2.05, 4.69) is 60.1 Å². The second-order valence-electron chi connectivity index (χ2n) is 7.21. The number of nitrogens with one attached hydrogen (secondary N) is 1. The van der Waals surface area contributed by atoms with Crippen LogP contribution >= 0.6 is 0 Å². The zero-order chi connectivity index (χ0) is 21.7. The van der Waals surface area contributed by atoms with Gasteiger partial charge in [0.1, 0.15) is 11.5 Å². The minimum atomic E-state index is -0.328. The van der Waals surface area contributed by atoms with Crippen LogP contribution in [0.4, 0.5) is 0 Å². The molecule has 0 aliphatic heterocycles. The second-order valence-corrected chi connectivity index (χ2v) is 7.21. The van der Waals surface area contributed by atoms with Gasteiger partial charge in [0.25, 0.3) is 5.91 Å². The summed E-state index contributed by atoms with van der Waals surface area (Å²) in [5.41, 5.74) is 9.22. The standard InChI is InChI=1S/C24H27N3O3/c1-16-6-11-23(17(2)12-16)27-18(3)13-20(19(27)4)14-25-26-24(28)15-30-22-9-7-21(29-5)8-10-22/h6-14H,15H2,1-5H3,(H,26,28)/b25-14-. The minimum absolute atomic E-state index is 0.120. The topological polar surface area (TPSA) is 64.8 Å². The molecule has 1 aromatic heterocycles. The van der Waals surface area contributed by atoms with Gasteiger partial charge in [-0.05, 0) is 69.7 Å². The van der Waals surface area contributed by atoms with Crippen LogP contribution in [-0.2, 0) is 4.79 Å². The summed E-state index contributed by atoms with van der Waals surface area (Å²) in [6.45, 7) is 8.18. The molecular weight excluding hydrogens is 378 g/mol. The Balaban J connectivity index is 1.62. The highest BCUT2D eigenvalue weighted by Crippen LogP contribution is 2.23. The summed E-state index contributed by atoms with van der Waals surface area (Å²) in [6, 6.07) is 15.5. The van der Waals surface area contributed by atoms with E-state index in [9.17, 15) is 4.79 Å². The summed E-state index contributed by atoms with van der Waals surface area (Å²) in [5, 5.41) is 4.09. The van der Waals surface area contributed by atoms with E-state index >= 15 is 0 Å². The fourth-order valence-corrected chi connectivity index (χ4v) is 3.37. The van der Waals surface area contributed by atoms with Crippen molar-refractivity contribution in [3.05, 3.63) is 76.6 Å². The number of hydrogen-bond donors (Lipinski definition) is 1. The van der Waals surface area contributed by atoms with Gasteiger partial charge in [-0.15, -0.1) is 0 Å². The first-order chi connectivity index (χ1) is 14.4. The lowest BCUT2D eigenvalue weighted by Gasteiger charge is -2.13. The molecule has 6 nitrogen and oxygen atoms in total. The Hall–Kier alpha value is -3.54. The van der Waals surface area contributed by atoms with E-state index in [0.717, 1.165) is 28.4 Å². The average molecular weight is 405 g/mol. The van der Waals surface area contributed by atoms with Crippen molar-refractivity contribution in [1.29, 1.82) is 0 Å². The van der Waals surface area contributed by atoms with Crippen LogP contribution in [0, 0.1) is 27.7 Å². The number of nitrogens with zero attached hydrogens (tertiary/aromatic N) is 2. The molecule has 0 saturated carbocycles. The van der Waals surface area contributed by atoms with Gasteiger partial charge >= 0.3 is 0 Å². The Morgan fingerprint density at radius 2 is 1.73 bits per heavy atom. The van der Waals surface area contributed by atoms with Gasteiger partial charge in [0, 0.05) is 22.6 Å². The Morgan fingerprint density at radius 1 is 1.03 bits per heavy atom. The van der Waals surface area contributed by atoms with E-state index in [1.807, 2.05) is 6.92 Å². The van der Waals surface area contributed by atoms with Gasteiger partial charge in [0.2, 0.25) is 0 Å². The van der Waals surface area contributed by atoms with E-state index in [1.54, 1.807) is 37.6 Å². The van der Waals surface area contributed by atoms with E-state index in [1.165, 1.54) is 11.1 Å². The molecule has 0 saturated heterocycles. The third-order valence-corrected chi connectivity index (χ3v) is 4.89. The van der Waals surface area contributed by atoms with Crippen molar-refractivity contribution >= 4 is 12.1 Å². The molecule has 0 atom stereocenters. The van der Waals surface area contributed by atoms with Crippen molar-refractivity contribution in [2.45, 2.75) is 27.7 Å². The second kappa shape index (κ2) is 9.31. The Labute approximate surface area is 177 Å². The number of rotatable bonds is 7. The van der Waals surface area contributed by atoms with Crippen LogP contribution in [0.2, 0.25) is 0 Å². The first-order valence-corrected chi connectivity index (χ1v) is 9.74. The van der Waals surface area contributed by atoms with Crippen molar-refractivity contribution in [3.8, 4) is 17.2 Å². The molecule has 6 heteroatoms. The molecule has 0 aliphatic carbocycles. The van der Waals surface area contributed by atoms with Crippen LogP contribution in [-0.4, -0.2) is 30.4 Å². The monoisotopic (exact) mass is 405 g/mol. The minimum Gasteiger partial charge on any atom is -0.497 e. The smallest absolute Gasteiger partial charge is 0.277 e. The lowest BCUT2D eigenvalue weighted by Crippen LogP contribution is -2.24. The molecule has 0 aliphatic rings. The van der Waals surface area contributed by atoms with Crippen LogP contribution in [0.1, 0.15) is 28.1 Å². The van der Waals surface area contributed by atoms with Gasteiger partial charge in [0.15, 0.2) is 6.61 Å². The maximum Gasteiger partial charge on any atom is 0.277 e.